The molecular formula is C20H20ClN3O3. The van der Waals surface area contributed by atoms with Crippen LogP contribution in [0, 0.1) is 5.92 Å². The van der Waals surface area contributed by atoms with E-state index in [9.17, 15) is 9.59 Å². The molecule has 0 unspecified atom stereocenters. The second-order valence-electron chi connectivity index (χ2n) is 6.57. The van der Waals surface area contributed by atoms with Crippen molar-refractivity contribution in [1.29, 1.82) is 0 Å². The summed E-state index contributed by atoms with van der Waals surface area (Å²) in [4.78, 5) is 29.2. The van der Waals surface area contributed by atoms with Crippen molar-refractivity contribution in [3.8, 4) is 0 Å². The maximum atomic E-state index is 12.8. The molecule has 2 heterocycles. The van der Waals surface area contributed by atoms with Gasteiger partial charge in [0.2, 0.25) is 0 Å². The maximum Gasteiger partial charge on any atom is 0.339 e. The highest BCUT2D eigenvalue weighted by Gasteiger charge is 2.19. The van der Waals surface area contributed by atoms with E-state index in [0.717, 1.165) is 17.8 Å². The van der Waals surface area contributed by atoms with Gasteiger partial charge in [0, 0.05) is 18.3 Å². The lowest BCUT2D eigenvalue weighted by Gasteiger charge is -2.07. The number of amides is 1. The lowest BCUT2D eigenvalue weighted by Crippen LogP contribution is -2.14. The van der Waals surface area contributed by atoms with Gasteiger partial charge >= 0.3 is 5.97 Å². The van der Waals surface area contributed by atoms with E-state index in [-0.39, 0.29) is 16.5 Å². The van der Waals surface area contributed by atoms with Crippen molar-refractivity contribution in [2.24, 2.45) is 5.92 Å². The maximum absolute atomic E-state index is 12.8. The van der Waals surface area contributed by atoms with Crippen LogP contribution in [0.4, 0.5) is 5.69 Å². The van der Waals surface area contributed by atoms with Crippen LogP contribution in [0.1, 0.15) is 40.5 Å². The minimum Gasteiger partial charge on any atom is -0.465 e. The number of benzene rings is 1. The summed E-state index contributed by atoms with van der Waals surface area (Å²) in [6.45, 7) is 4.21. The van der Waals surface area contributed by atoms with E-state index >= 15 is 0 Å². The molecule has 7 heteroatoms. The van der Waals surface area contributed by atoms with Crippen LogP contribution in [0.5, 0.6) is 0 Å². The van der Waals surface area contributed by atoms with Gasteiger partial charge in [-0.1, -0.05) is 31.5 Å². The summed E-state index contributed by atoms with van der Waals surface area (Å²) >= 11 is 6.02. The van der Waals surface area contributed by atoms with Crippen LogP contribution < -0.4 is 5.32 Å². The molecule has 0 aliphatic heterocycles. The fourth-order valence-corrected chi connectivity index (χ4v) is 3.03. The number of hydrogen-bond acceptors (Lipinski definition) is 4. The Labute approximate surface area is 162 Å². The highest BCUT2D eigenvalue weighted by atomic mass is 35.5. The highest BCUT2D eigenvalue weighted by molar-refractivity contribution is 6.33. The first-order valence-corrected chi connectivity index (χ1v) is 8.93. The number of anilines is 1. The fourth-order valence-electron chi connectivity index (χ4n) is 2.84. The molecule has 0 saturated heterocycles. The van der Waals surface area contributed by atoms with Crippen LogP contribution in [-0.2, 0) is 11.2 Å². The highest BCUT2D eigenvalue weighted by Crippen LogP contribution is 2.23. The van der Waals surface area contributed by atoms with Crippen LogP contribution in [0.25, 0.3) is 5.52 Å². The Morgan fingerprint density at radius 3 is 2.74 bits per heavy atom. The summed E-state index contributed by atoms with van der Waals surface area (Å²) in [6, 6.07) is 10.3. The molecule has 6 nitrogen and oxygen atoms in total. The van der Waals surface area contributed by atoms with Crippen molar-refractivity contribution < 1.29 is 14.3 Å². The summed E-state index contributed by atoms with van der Waals surface area (Å²) in [5.41, 5.74) is 1.69. The molecule has 0 aliphatic rings. The van der Waals surface area contributed by atoms with Gasteiger partial charge in [0.05, 0.1) is 23.2 Å². The minimum absolute atomic E-state index is 0.187. The van der Waals surface area contributed by atoms with Crippen LogP contribution in [0.15, 0.2) is 42.6 Å². The largest absolute Gasteiger partial charge is 0.465 e. The smallest absolute Gasteiger partial charge is 0.339 e. The fraction of sp³-hybridized carbons (Fsp3) is 0.250. The number of methoxy groups -OCH3 is 1. The van der Waals surface area contributed by atoms with Crippen LogP contribution in [-0.4, -0.2) is 28.4 Å². The van der Waals surface area contributed by atoms with Crippen molar-refractivity contribution in [2.75, 3.05) is 12.4 Å². The quantitative estimate of drug-likeness (QED) is 0.667. The summed E-state index contributed by atoms with van der Waals surface area (Å²) in [6.07, 6.45) is 2.65. The molecule has 0 aliphatic carbocycles. The molecule has 0 saturated carbocycles. The van der Waals surface area contributed by atoms with Crippen molar-refractivity contribution in [1.82, 2.24) is 9.38 Å². The average molecular weight is 386 g/mol. The standard InChI is InChI=1S/C20H20ClN3O3/c1-12(2)10-17-23-18(16-6-4-5-9-24(16)17)19(25)22-13-7-8-15(21)14(11-13)20(26)27-3/h4-9,11-12H,10H2,1-3H3,(H,22,25). The van der Waals surface area contributed by atoms with Gasteiger partial charge in [-0.15, -0.1) is 0 Å². The van der Waals surface area contributed by atoms with Crippen LogP contribution >= 0.6 is 11.6 Å². The van der Waals surface area contributed by atoms with E-state index < -0.39 is 5.97 Å². The molecule has 3 rings (SSSR count). The summed E-state index contributed by atoms with van der Waals surface area (Å²) < 4.78 is 6.64. The molecule has 0 spiro atoms. The molecule has 2 aromatic heterocycles. The summed E-state index contributed by atoms with van der Waals surface area (Å²) in [7, 11) is 1.28. The first-order chi connectivity index (χ1) is 12.9. The molecule has 0 bridgehead atoms. The van der Waals surface area contributed by atoms with Crippen molar-refractivity contribution in [3.63, 3.8) is 0 Å². The van der Waals surface area contributed by atoms with Gasteiger partial charge < -0.3 is 14.5 Å². The number of imidazole rings is 1. The molecule has 0 radical (unpaired) electrons. The number of carbonyl (C=O) groups is 2. The van der Waals surface area contributed by atoms with Crippen LogP contribution in [0.2, 0.25) is 5.02 Å². The average Bonchev–Trinajstić information content (AvgIpc) is 3.01. The Morgan fingerprint density at radius 1 is 1.26 bits per heavy atom. The number of ether oxygens (including phenoxy) is 1. The predicted octanol–water partition coefficient (Wildman–Crippen LogP) is 4.23. The summed E-state index contributed by atoms with van der Waals surface area (Å²) in [5, 5.41) is 3.04. The molecule has 140 valence electrons. The molecule has 27 heavy (non-hydrogen) atoms. The van der Waals surface area contributed by atoms with Crippen molar-refractivity contribution >= 4 is 34.7 Å². The van der Waals surface area contributed by atoms with Crippen LogP contribution in [0.3, 0.4) is 0 Å². The van der Waals surface area contributed by atoms with Gasteiger partial charge in [-0.3, -0.25) is 4.79 Å². The van der Waals surface area contributed by atoms with E-state index in [1.165, 1.54) is 13.2 Å². The van der Waals surface area contributed by atoms with E-state index in [1.807, 2.05) is 28.8 Å². The Hall–Kier alpha value is -2.86. The topological polar surface area (TPSA) is 72.7 Å². The Balaban J connectivity index is 1.94. The number of aromatic nitrogens is 2. The Morgan fingerprint density at radius 2 is 2.04 bits per heavy atom. The van der Waals surface area contributed by atoms with Gasteiger partial charge in [0.25, 0.3) is 5.91 Å². The molecule has 1 aromatic carbocycles. The van der Waals surface area contributed by atoms with Gasteiger partial charge in [-0.25, -0.2) is 9.78 Å². The zero-order valence-corrected chi connectivity index (χ0v) is 16.1. The molecule has 0 fully saturated rings. The molecule has 1 amide bonds. The van der Waals surface area contributed by atoms with Gasteiger partial charge in [0.1, 0.15) is 5.82 Å². The lowest BCUT2D eigenvalue weighted by atomic mass is 10.1. The van der Waals surface area contributed by atoms with Gasteiger partial charge in [0.15, 0.2) is 5.69 Å². The Kier molecular flexibility index (Phi) is 5.46. The zero-order chi connectivity index (χ0) is 19.6. The number of nitrogens with zero attached hydrogens (tertiary/aromatic N) is 2. The monoisotopic (exact) mass is 385 g/mol. The number of fused-ring (bicyclic) bond motifs is 1. The third-order valence-electron chi connectivity index (χ3n) is 4.06. The molecule has 3 aromatic rings. The van der Waals surface area contributed by atoms with E-state index in [4.69, 9.17) is 16.3 Å². The van der Waals surface area contributed by atoms with E-state index in [1.54, 1.807) is 12.1 Å². The first kappa shape index (κ1) is 18.9. The van der Waals surface area contributed by atoms with Crippen molar-refractivity contribution in [2.45, 2.75) is 20.3 Å². The number of halogens is 1. The number of rotatable bonds is 5. The normalized spacial score (nSPS) is 11.0. The first-order valence-electron chi connectivity index (χ1n) is 8.56. The number of nitrogens with one attached hydrogen (secondary N) is 1. The number of esters is 1. The third-order valence-corrected chi connectivity index (χ3v) is 4.39. The van der Waals surface area contributed by atoms with E-state index in [2.05, 4.69) is 24.1 Å². The summed E-state index contributed by atoms with van der Waals surface area (Å²) in [5.74, 6) is 0.317. The van der Waals surface area contributed by atoms with Gasteiger partial charge in [-0.05, 0) is 36.2 Å². The minimum atomic E-state index is -0.567. The third kappa shape index (κ3) is 3.95. The number of hydrogen-bond donors (Lipinski definition) is 1. The Bertz CT molecular complexity index is 1010. The molecule has 1 N–H and O–H groups in total. The SMILES string of the molecule is COC(=O)c1cc(NC(=O)c2nc(CC(C)C)n3ccccc23)ccc1Cl. The number of carbonyl (C=O) groups excluding carboxylic acids is 2. The number of pyridine rings is 1. The molecule has 0 atom stereocenters. The van der Waals surface area contributed by atoms with E-state index in [0.29, 0.717) is 17.3 Å². The zero-order valence-electron chi connectivity index (χ0n) is 15.3. The van der Waals surface area contributed by atoms with Crippen molar-refractivity contribution in [3.05, 3.63) is 64.7 Å². The molecular weight excluding hydrogens is 366 g/mol. The predicted molar refractivity (Wildman–Crippen MR) is 104 cm³/mol. The lowest BCUT2D eigenvalue weighted by molar-refractivity contribution is 0.0600. The second-order valence-corrected chi connectivity index (χ2v) is 6.98. The van der Waals surface area contributed by atoms with Gasteiger partial charge in [-0.2, -0.15) is 0 Å². The second kappa shape index (κ2) is 7.80.